The number of nitro benzene ring substituents is 1. The van der Waals surface area contributed by atoms with Crippen LogP contribution in [0.25, 0.3) is 0 Å². The van der Waals surface area contributed by atoms with Crippen molar-refractivity contribution in [1.29, 1.82) is 0 Å². The van der Waals surface area contributed by atoms with E-state index in [2.05, 4.69) is 26.1 Å². The van der Waals surface area contributed by atoms with Gasteiger partial charge in [-0.3, -0.25) is 19.8 Å². The highest BCUT2D eigenvalue weighted by Crippen LogP contribution is 2.30. The first-order chi connectivity index (χ1) is 14.8. The molecule has 2 aromatic carbocycles. The molecule has 0 spiro atoms. The van der Waals surface area contributed by atoms with Crippen LogP contribution in [0.15, 0.2) is 56.7 Å². The summed E-state index contributed by atoms with van der Waals surface area (Å²) in [6, 6.07) is 9.20. The Bertz CT molecular complexity index is 1050. The molecule has 9 nitrogen and oxygen atoms in total. The maximum absolute atomic E-state index is 12.9. The predicted molar refractivity (Wildman–Crippen MR) is 117 cm³/mol. The number of rotatable bonds is 8. The molecule has 0 radical (unpaired) electrons. The summed E-state index contributed by atoms with van der Waals surface area (Å²) in [6.45, 7) is 4.33. The second kappa shape index (κ2) is 10.3. The predicted octanol–water partition coefficient (Wildman–Crippen LogP) is 2.64. The molecule has 0 unspecified atom stereocenters. The van der Waals surface area contributed by atoms with E-state index in [1.807, 2.05) is 0 Å². The Morgan fingerprint density at radius 2 is 1.84 bits per heavy atom. The van der Waals surface area contributed by atoms with Gasteiger partial charge in [-0.25, -0.2) is 8.42 Å². The maximum Gasteiger partial charge on any atom is 0.289 e. The normalized spacial score (nSPS) is 14.9. The van der Waals surface area contributed by atoms with E-state index in [-0.39, 0.29) is 10.5 Å². The number of morpholine rings is 1. The Morgan fingerprint density at radius 3 is 2.48 bits per heavy atom. The van der Waals surface area contributed by atoms with Crippen molar-refractivity contribution in [2.45, 2.75) is 16.2 Å². The fraction of sp³-hybridized carbons (Fsp3) is 0.350. The molecule has 0 atom stereocenters. The average Bonchev–Trinajstić information content (AvgIpc) is 2.77. The number of nitrogens with one attached hydrogen (secondary N) is 1. The van der Waals surface area contributed by atoms with Gasteiger partial charge in [0.05, 0.1) is 23.0 Å². The molecule has 0 aliphatic carbocycles. The van der Waals surface area contributed by atoms with Gasteiger partial charge in [-0.15, -0.1) is 0 Å². The van der Waals surface area contributed by atoms with Crippen molar-refractivity contribution in [1.82, 2.24) is 10.2 Å². The van der Waals surface area contributed by atoms with Crippen molar-refractivity contribution in [3.05, 3.63) is 62.6 Å². The molecule has 0 bridgehead atoms. The fourth-order valence-electron chi connectivity index (χ4n) is 3.20. The van der Waals surface area contributed by atoms with Gasteiger partial charge in [0.2, 0.25) is 9.84 Å². The van der Waals surface area contributed by atoms with Crippen LogP contribution in [-0.4, -0.2) is 63.5 Å². The van der Waals surface area contributed by atoms with Crippen LogP contribution in [0, 0.1) is 10.1 Å². The van der Waals surface area contributed by atoms with Gasteiger partial charge in [-0.1, -0.05) is 15.9 Å². The summed E-state index contributed by atoms with van der Waals surface area (Å²) in [6.07, 6.45) is 0.726. The van der Waals surface area contributed by atoms with Crippen LogP contribution in [0.4, 0.5) is 5.69 Å². The molecule has 1 saturated heterocycles. The first-order valence-electron chi connectivity index (χ1n) is 9.66. The van der Waals surface area contributed by atoms with Crippen molar-refractivity contribution in [2.75, 3.05) is 39.4 Å². The van der Waals surface area contributed by atoms with E-state index in [1.54, 1.807) is 0 Å². The number of ether oxygens (including phenoxy) is 1. The van der Waals surface area contributed by atoms with Gasteiger partial charge in [0, 0.05) is 35.7 Å². The molecule has 1 N–H and O–H groups in total. The lowest BCUT2D eigenvalue weighted by molar-refractivity contribution is -0.387. The van der Waals surface area contributed by atoms with Crippen LogP contribution in [0.1, 0.15) is 16.8 Å². The second-order valence-electron chi connectivity index (χ2n) is 6.96. The van der Waals surface area contributed by atoms with Crippen LogP contribution in [0.2, 0.25) is 0 Å². The highest BCUT2D eigenvalue weighted by Gasteiger charge is 2.28. The average molecular weight is 512 g/mol. The number of nitrogens with zero attached hydrogens (tertiary/aromatic N) is 2. The molecule has 11 heteroatoms. The monoisotopic (exact) mass is 511 g/mol. The maximum atomic E-state index is 12.9. The van der Waals surface area contributed by atoms with E-state index >= 15 is 0 Å². The summed E-state index contributed by atoms with van der Waals surface area (Å²) < 4.78 is 31.7. The van der Waals surface area contributed by atoms with Crippen LogP contribution in [0.5, 0.6) is 0 Å². The summed E-state index contributed by atoms with van der Waals surface area (Å²) >= 11 is 3.22. The first-order valence-corrected chi connectivity index (χ1v) is 11.9. The number of carbonyl (C=O) groups excluding carboxylic acids is 1. The molecule has 1 aliphatic rings. The lowest BCUT2D eigenvalue weighted by Crippen LogP contribution is -2.38. The Hall–Kier alpha value is -2.34. The number of amides is 1. The summed E-state index contributed by atoms with van der Waals surface area (Å²) in [5, 5.41) is 14.3. The highest BCUT2D eigenvalue weighted by molar-refractivity contribution is 9.10. The number of carbonyl (C=O) groups is 1. The lowest BCUT2D eigenvalue weighted by Gasteiger charge is -2.26. The van der Waals surface area contributed by atoms with Crippen molar-refractivity contribution in [3.63, 3.8) is 0 Å². The van der Waals surface area contributed by atoms with E-state index in [9.17, 15) is 23.3 Å². The largest absolute Gasteiger partial charge is 0.379 e. The van der Waals surface area contributed by atoms with Gasteiger partial charge in [0.15, 0.2) is 0 Å². The summed E-state index contributed by atoms with van der Waals surface area (Å²) in [5.74, 6) is -0.488. The lowest BCUT2D eigenvalue weighted by atomic mass is 10.2. The third-order valence-corrected chi connectivity index (χ3v) is 7.22. The third kappa shape index (κ3) is 5.88. The van der Waals surface area contributed by atoms with Crippen molar-refractivity contribution in [3.8, 4) is 0 Å². The number of nitro groups is 1. The van der Waals surface area contributed by atoms with E-state index in [0.29, 0.717) is 24.2 Å². The molecule has 1 amide bonds. The van der Waals surface area contributed by atoms with Crippen LogP contribution >= 0.6 is 15.9 Å². The summed E-state index contributed by atoms with van der Waals surface area (Å²) in [4.78, 5) is 24.9. The van der Waals surface area contributed by atoms with Crippen LogP contribution in [-0.2, 0) is 14.6 Å². The Labute approximate surface area is 188 Å². The number of halogens is 1. The number of hydrogen-bond donors (Lipinski definition) is 1. The molecule has 166 valence electrons. The number of benzene rings is 2. The minimum Gasteiger partial charge on any atom is -0.379 e. The molecular formula is C20H22BrN3O6S. The smallest absolute Gasteiger partial charge is 0.289 e. The SMILES string of the molecule is O=C(NCCCN1CCOCC1)c1ccc(S(=O)(=O)c2ccc(Br)cc2)c([N+](=O)[O-])c1. The van der Waals surface area contributed by atoms with Crippen LogP contribution < -0.4 is 5.32 Å². The van der Waals surface area contributed by atoms with Crippen LogP contribution in [0.3, 0.4) is 0 Å². The molecule has 2 aromatic rings. The van der Waals surface area contributed by atoms with Crippen molar-refractivity contribution in [2.24, 2.45) is 0 Å². The van der Waals surface area contributed by atoms with E-state index in [4.69, 9.17) is 4.74 Å². The zero-order chi connectivity index (χ0) is 22.4. The van der Waals surface area contributed by atoms with Gasteiger partial charge in [0.1, 0.15) is 4.90 Å². The fourth-order valence-corrected chi connectivity index (χ4v) is 4.87. The zero-order valence-corrected chi connectivity index (χ0v) is 19.0. The van der Waals surface area contributed by atoms with E-state index in [1.165, 1.54) is 30.3 Å². The molecular weight excluding hydrogens is 490 g/mol. The highest BCUT2D eigenvalue weighted by atomic mass is 79.9. The quantitative estimate of drug-likeness (QED) is 0.328. The van der Waals surface area contributed by atoms with E-state index in [0.717, 1.165) is 38.2 Å². The van der Waals surface area contributed by atoms with Crippen molar-refractivity contribution < 1.29 is 22.9 Å². The summed E-state index contributed by atoms with van der Waals surface area (Å²) in [7, 11) is -4.12. The molecule has 1 heterocycles. The molecule has 0 aromatic heterocycles. The Morgan fingerprint density at radius 1 is 1.16 bits per heavy atom. The zero-order valence-electron chi connectivity index (χ0n) is 16.6. The Balaban J connectivity index is 1.71. The minimum absolute atomic E-state index is 0.0350. The van der Waals surface area contributed by atoms with Gasteiger partial charge in [-0.2, -0.15) is 0 Å². The standard InChI is InChI=1S/C20H22BrN3O6S/c21-16-3-5-17(6-4-16)31(28,29)19-7-2-15(14-18(19)24(26)27)20(25)22-8-1-9-23-10-12-30-13-11-23/h2-7,14H,1,8-13H2,(H,22,25). The molecule has 1 fully saturated rings. The number of hydrogen-bond acceptors (Lipinski definition) is 7. The third-order valence-electron chi connectivity index (χ3n) is 4.87. The van der Waals surface area contributed by atoms with Gasteiger partial charge in [-0.05, 0) is 49.4 Å². The van der Waals surface area contributed by atoms with Gasteiger partial charge >= 0.3 is 0 Å². The molecule has 31 heavy (non-hydrogen) atoms. The minimum atomic E-state index is -4.12. The second-order valence-corrected chi connectivity index (χ2v) is 9.79. The van der Waals surface area contributed by atoms with Gasteiger partial charge in [0.25, 0.3) is 11.6 Å². The molecule has 3 rings (SSSR count). The first kappa shape index (κ1) is 23.3. The Kier molecular flexibility index (Phi) is 7.76. The van der Waals surface area contributed by atoms with Crippen molar-refractivity contribution >= 4 is 37.4 Å². The van der Waals surface area contributed by atoms with E-state index < -0.39 is 31.3 Å². The summed E-state index contributed by atoms with van der Waals surface area (Å²) in [5.41, 5.74) is -0.600. The van der Waals surface area contributed by atoms with Gasteiger partial charge < -0.3 is 10.1 Å². The topological polar surface area (TPSA) is 119 Å². The molecule has 1 aliphatic heterocycles. The number of sulfone groups is 1. The molecule has 0 saturated carbocycles.